The Morgan fingerprint density at radius 3 is 2.46 bits per heavy atom. The van der Waals surface area contributed by atoms with E-state index in [2.05, 4.69) is 11.2 Å². The largest absolute Gasteiger partial charge is 0.349 e. The van der Waals surface area contributed by atoms with Gasteiger partial charge in [-0.25, -0.2) is 9.18 Å². The highest BCUT2D eigenvalue weighted by atomic mass is 35.5. The summed E-state index contributed by atoms with van der Waals surface area (Å²) < 4.78 is 14.0. The molecule has 0 aliphatic heterocycles. The summed E-state index contributed by atoms with van der Waals surface area (Å²) in [4.78, 5) is 25.6. The van der Waals surface area contributed by atoms with Crippen LogP contribution in [-0.2, 0) is 0 Å². The van der Waals surface area contributed by atoms with Crippen LogP contribution in [0.3, 0.4) is 0 Å². The van der Waals surface area contributed by atoms with Gasteiger partial charge < -0.3 is 0 Å². The minimum atomic E-state index is -0.885. The number of benzene rings is 2. The third-order valence-electron chi connectivity index (χ3n) is 4.12. The number of aromatic nitrogens is 3. The highest BCUT2D eigenvalue weighted by Gasteiger charge is 2.21. The van der Waals surface area contributed by atoms with Gasteiger partial charge >= 0.3 is 5.69 Å². The maximum atomic E-state index is 13.2. The monoisotopic (exact) mass is 395 g/mol. The number of aryl methyl sites for hydroxylation is 1. The van der Waals surface area contributed by atoms with Crippen LogP contribution >= 0.6 is 11.6 Å². The lowest BCUT2D eigenvalue weighted by molar-refractivity contribution is 0.627. The molecule has 7 nitrogen and oxygen atoms in total. The van der Waals surface area contributed by atoms with Crippen LogP contribution < -0.4 is 11.2 Å². The molecule has 0 saturated carbocycles. The second-order valence-electron chi connectivity index (χ2n) is 5.90. The van der Waals surface area contributed by atoms with Gasteiger partial charge in [-0.2, -0.15) is 15.2 Å². The van der Waals surface area contributed by atoms with Gasteiger partial charge in [-0.05, 0) is 47.9 Å². The minimum Gasteiger partial charge on any atom is -0.270 e. The summed E-state index contributed by atoms with van der Waals surface area (Å²) >= 11 is 6.39. The summed E-state index contributed by atoms with van der Waals surface area (Å²) in [5.41, 5.74) is -0.327. The number of halogens is 2. The average molecular weight is 396 g/mol. The van der Waals surface area contributed by atoms with Gasteiger partial charge in [-0.15, -0.1) is 5.10 Å². The Morgan fingerprint density at radius 1 is 1.21 bits per heavy atom. The fraction of sp³-hybridized carbons (Fsp3) is 0.105. The number of hydrogen-bond donors (Lipinski definition) is 1. The van der Waals surface area contributed by atoms with E-state index in [1.807, 2.05) is 4.98 Å². The molecule has 0 saturated heterocycles. The first-order valence-electron chi connectivity index (χ1n) is 7.95. The van der Waals surface area contributed by atoms with E-state index in [1.54, 1.807) is 19.1 Å². The number of nitriles is 2. The zero-order chi connectivity index (χ0) is 20.4. The summed E-state index contributed by atoms with van der Waals surface area (Å²) in [6.45, 7) is 1.69. The van der Waals surface area contributed by atoms with Crippen molar-refractivity contribution in [2.45, 2.75) is 12.8 Å². The van der Waals surface area contributed by atoms with Crippen LogP contribution in [-0.4, -0.2) is 14.8 Å². The van der Waals surface area contributed by atoms with Crippen molar-refractivity contribution in [3.05, 3.63) is 90.5 Å². The normalized spacial score (nSPS) is 11.5. The number of hydrogen-bond acceptors (Lipinski definition) is 5. The molecule has 1 N–H and O–H groups in total. The van der Waals surface area contributed by atoms with E-state index in [-0.39, 0.29) is 10.7 Å². The molecule has 0 spiro atoms. The van der Waals surface area contributed by atoms with Crippen LogP contribution in [0.4, 0.5) is 4.39 Å². The Hall–Kier alpha value is -3.75. The summed E-state index contributed by atoms with van der Waals surface area (Å²) in [7, 11) is 0. The highest BCUT2D eigenvalue weighted by molar-refractivity contribution is 6.31. The van der Waals surface area contributed by atoms with Crippen LogP contribution in [0.5, 0.6) is 0 Å². The molecule has 0 aliphatic rings. The van der Waals surface area contributed by atoms with E-state index in [9.17, 15) is 19.2 Å². The number of H-pyrrole nitrogens is 1. The SMILES string of the molecule is Cc1cc(-n2nc(C#N)c(=O)[nH]c2=O)cc(Cl)c1C(C#N)c1ccc(F)cc1. The summed E-state index contributed by atoms with van der Waals surface area (Å²) in [5, 5.41) is 22.5. The third-order valence-corrected chi connectivity index (χ3v) is 4.43. The number of rotatable bonds is 3. The smallest absolute Gasteiger partial charge is 0.270 e. The van der Waals surface area contributed by atoms with E-state index in [1.165, 1.54) is 30.3 Å². The molecule has 0 bridgehead atoms. The van der Waals surface area contributed by atoms with Gasteiger partial charge in [0, 0.05) is 5.02 Å². The van der Waals surface area contributed by atoms with Crippen molar-refractivity contribution in [2.75, 3.05) is 0 Å². The van der Waals surface area contributed by atoms with Crippen molar-refractivity contribution < 1.29 is 4.39 Å². The topological polar surface area (TPSA) is 115 Å². The second kappa shape index (κ2) is 7.47. The fourth-order valence-electron chi connectivity index (χ4n) is 2.83. The molecular formula is C19H11ClFN5O2. The maximum Gasteiger partial charge on any atom is 0.349 e. The second-order valence-corrected chi connectivity index (χ2v) is 6.31. The molecule has 1 unspecified atom stereocenters. The molecule has 9 heteroatoms. The molecule has 0 amide bonds. The third kappa shape index (κ3) is 3.41. The van der Waals surface area contributed by atoms with Crippen LogP contribution in [0.25, 0.3) is 5.69 Å². The Kier molecular flexibility index (Phi) is 5.08. The molecule has 3 rings (SSSR count). The lowest BCUT2D eigenvalue weighted by atomic mass is 9.89. The number of aromatic amines is 1. The van der Waals surface area contributed by atoms with E-state index < -0.39 is 28.7 Å². The van der Waals surface area contributed by atoms with Gasteiger partial charge in [0.2, 0.25) is 5.69 Å². The number of nitrogens with one attached hydrogen (secondary N) is 1. The van der Waals surface area contributed by atoms with Crippen molar-refractivity contribution >= 4 is 11.6 Å². The number of nitrogens with zero attached hydrogens (tertiary/aromatic N) is 4. The highest BCUT2D eigenvalue weighted by Crippen LogP contribution is 2.34. The Labute approximate surface area is 162 Å². The molecule has 1 aromatic heterocycles. The van der Waals surface area contributed by atoms with Gasteiger partial charge in [-0.3, -0.25) is 9.78 Å². The molecule has 1 atom stereocenters. The summed E-state index contributed by atoms with van der Waals surface area (Å²) in [6, 6.07) is 12.2. The van der Waals surface area contributed by atoms with Crippen molar-refractivity contribution in [1.82, 2.24) is 14.8 Å². The Balaban J connectivity index is 2.16. The van der Waals surface area contributed by atoms with E-state index in [4.69, 9.17) is 16.9 Å². The molecule has 28 heavy (non-hydrogen) atoms. The standard InChI is InChI=1S/C19H11ClFN5O2/c1-10-6-13(26-19(28)24-18(27)16(9-23)25-26)7-15(20)17(10)14(8-22)11-2-4-12(21)5-3-11/h2-7,14H,1H3,(H,24,27,28). The van der Waals surface area contributed by atoms with Gasteiger partial charge in [0.1, 0.15) is 11.9 Å². The maximum absolute atomic E-state index is 13.2. The molecule has 0 radical (unpaired) electrons. The van der Waals surface area contributed by atoms with Crippen molar-refractivity contribution in [3.8, 4) is 17.8 Å². The van der Waals surface area contributed by atoms with Gasteiger partial charge in [0.15, 0.2) is 0 Å². The van der Waals surface area contributed by atoms with Crippen LogP contribution in [0.1, 0.15) is 28.3 Å². The first-order valence-corrected chi connectivity index (χ1v) is 8.32. The summed E-state index contributed by atoms with van der Waals surface area (Å²) in [6.07, 6.45) is 0. The van der Waals surface area contributed by atoms with Gasteiger partial charge in [0.25, 0.3) is 5.56 Å². The molecule has 3 aromatic rings. The van der Waals surface area contributed by atoms with Gasteiger partial charge in [-0.1, -0.05) is 23.7 Å². The van der Waals surface area contributed by atoms with Crippen LogP contribution in [0, 0.1) is 35.4 Å². The van der Waals surface area contributed by atoms with Crippen LogP contribution in [0.2, 0.25) is 5.02 Å². The van der Waals surface area contributed by atoms with E-state index >= 15 is 0 Å². The van der Waals surface area contributed by atoms with Crippen molar-refractivity contribution in [1.29, 1.82) is 10.5 Å². The van der Waals surface area contributed by atoms with E-state index in [0.717, 1.165) is 4.68 Å². The Morgan fingerprint density at radius 2 is 1.89 bits per heavy atom. The average Bonchev–Trinajstić information content (AvgIpc) is 2.65. The fourth-order valence-corrected chi connectivity index (χ4v) is 3.20. The molecule has 2 aromatic carbocycles. The van der Waals surface area contributed by atoms with Crippen molar-refractivity contribution in [3.63, 3.8) is 0 Å². The molecular weight excluding hydrogens is 385 g/mol. The molecule has 1 heterocycles. The quantitative estimate of drug-likeness (QED) is 0.731. The first kappa shape index (κ1) is 19.0. The van der Waals surface area contributed by atoms with E-state index in [0.29, 0.717) is 16.7 Å². The lowest BCUT2D eigenvalue weighted by Gasteiger charge is -2.16. The van der Waals surface area contributed by atoms with Gasteiger partial charge in [0.05, 0.1) is 17.7 Å². The zero-order valence-electron chi connectivity index (χ0n) is 14.4. The molecule has 0 aliphatic carbocycles. The predicted molar refractivity (Wildman–Crippen MR) is 98.8 cm³/mol. The summed E-state index contributed by atoms with van der Waals surface area (Å²) in [5.74, 6) is -1.17. The Bertz CT molecular complexity index is 1240. The van der Waals surface area contributed by atoms with Crippen molar-refractivity contribution in [2.24, 2.45) is 0 Å². The molecule has 138 valence electrons. The minimum absolute atomic E-state index is 0.185. The predicted octanol–water partition coefficient (Wildman–Crippen LogP) is 2.55. The molecule has 0 fully saturated rings. The zero-order valence-corrected chi connectivity index (χ0v) is 15.2. The first-order chi connectivity index (χ1) is 13.3. The lowest BCUT2D eigenvalue weighted by Crippen LogP contribution is -2.33. The van der Waals surface area contributed by atoms with Crippen LogP contribution in [0.15, 0.2) is 46.0 Å².